The summed E-state index contributed by atoms with van der Waals surface area (Å²) in [6.45, 7) is 3.00. The fourth-order valence-electron chi connectivity index (χ4n) is 5.79. The summed E-state index contributed by atoms with van der Waals surface area (Å²) in [5.74, 6) is 0.0370. The number of para-hydroxylation sites is 1. The quantitative estimate of drug-likeness (QED) is 0.480. The number of fused-ring (bicyclic) bond motifs is 5. The molecule has 2 aliphatic rings. The topological polar surface area (TPSA) is 37.3 Å². The van der Waals surface area contributed by atoms with Gasteiger partial charge in [0.2, 0.25) is 0 Å². The second-order valence-electron chi connectivity index (χ2n) is 9.32. The summed E-state index contributed by atoms with van der Waals surface area (Å²) in [5, 5.41) is 4.71. The Kier molecular flexibility index (Phi) is 5.23. The van der Waals surface area contributed by atoms with E-state index in [1.54, 1.807) is 0 Å². The van der Waals surface area contributed by atoms with Crippen LogP contribution in [-0.4, -0.2) is 34.5 Å². The maximum absolute atomic E-state index is 12.8. The van der Waals surface area contributed by atoms with Gasteiger partial charge in [-0.05, 0) is 48.6 Å². The molecule has 2 atom stereocenters. The predicted octanol–water partition coefficient (Wildman–Crippen LogP) is 5.18. The fourth-order valence-corrected chi connectivity index (χ4v) is 5.79. The van der Waals surface area contributed by atoms with Crippen LogP contribution in [0.2, 0.25) is 0 Å². The number of amides is 1. The number of aromatic nitrogens is 1. The second kappa shape index (κ2) is 8.53. The van der Waals surface area contributed by atoms with Gasteiger partial charge < -0.3 is 9.88 Å². The third kappa shape index (κ3) is 3.75. The molecule has 0 spiro atoms. The van der Waals surface area contributed by atoms with Crippen LogP contribution in [-0.2, 0) is 13.0 Å². The van der Waals surface area contributed by atoms with E-state index in [0.717, 1.165) is 44.5 Å². The molecule has 0 saturated carbocycles. The molecular formula is C29H29N3O. The molecule has 3 heterocycles. The monoisotopic (exact) mass is 435 g/mol. The van der Waals surface area contributed by atoms with Crippen LogP contribution >= 0.6 is 0 Å². The van der Waals surface area contributed by atoms with Crippen molar-refractivity contribution >= 4 is 16.8 Å². The summed E-state index contributed by atoms with van der Waals surface area (Å²) in [4.78, 5) is 15.5. The zero-order valence-corrected chi connectivity index (χ0v) is 18.8. The number of piperidine rings is 1. The Morgan fingerprint density at radius 1 is 0.879 bits per heavy atom. The Bertz CT molecular complexity index is 1280. The van der Waals surface area contributed by atoms with Crippen LogP contribution in [0.3, 0.4) is 0 Å². The summed E-state index contributed by atoms with van der Waals surface area (Å²) in [6.07, 6.45) is 3.05. The maximum atomic E-state index is 12.8. The minimum atomic E-state index is 0.0370. The molecule has 1 fully saturated rings. The van der Waals surface area contributed by atoms with E-state index >= 15 is 0 Å². The molecule has 3 aromatic carbocycles. The Labute approximate surface area is 194 Å². The molecule has 2 aliphatic heterocycles. The van der Waals surface area contributed by atoms with Crippen molar-refractivity contribution < 1.29 is 4.79 Å². The van der Waals surface area contributed by atoms with Crippen molar-refractivity contribution in [2.24, 2.45) is 0 Å². The van der Waals surface area contributed by atoms with E-state index in [2.05, 4.69) is 69.4 Å². The molecular weight excluding hydrogens is 406 g/mol. The number of carbonyl (C=O) groups excluding carboxylic acids is 1. The lowest BCUT2D eigenvalue weighted by atomic mass is 9.88. The molecule has 1 N–H and O–H groups in total. The first-order chi connectivity index (χ1) is 16.3. The van der Waals surface area contributed by atoms with Crippen molar-refractivity contribution in [3.8, 4) is 0 Å². The lowest BCUT2D eigenvalue weighted by molar-refractivity contribution is 0.0833. The number of nitrogens with one attached hydrogen (secondary N) is 1. The molecule has 2 unspecified atom stereocenters. The molecule has 4 aromatic rings. The average molecular weight is 436 g/mol. The summed E-state index contributed by atoms with van der Waals surface area (Å²) < 4.78 is 2.54. The predicted molar refractivity (Wildman–Crippen MR) is 132 cm³/mol. The van der Waals surface area contributed by atoms with Gasteiger partial charge in [-0.25, -0.2) is 0 Å². The van der Waals surface area contributed by atoms with E-state index < -0.39 is 0 Å². The summed E-state index contributed by atoms with van der Waals surface area (Å²) in [5.41, 5.74) is 6.33. The molecule has 4 heteroatoms. The number of carbonyl (C=O) groups is 1. The highest BCUT2D eigenvalue weighted by atomic mass is 16.1. The lowest BCUT2D eigenvalue weighted by Crippen LogP contribution is -2.48. The third-order valence-corrected chi connectivity index (χ3v) is 7.35. The van der Waals surface area contributed by atoms with Crippen molar-refractivity contribution in [2.45, 2.75) is 37.9 Å². The lowest BCUT2D eigenvalue weighted by Gasteiger charge is -2.43. The first kappa shape index (κ1) is 20.3. The Hall–Kier alpha value is -3.37. The summed E-state index contributed by atoms with van der Waals surface area (Å²) in [6, 6.07) is 29.7. The second-order valence-corrected chi connectivity index (χ2v) is 9.32. The van der Waals surface area contributed by atoms with Crippen LogP contribution in [0.25, 0.3) is 10.9 Å². The van der Waals surface area contributed by atoms with Crippen LogP contribution in [0.15, 0.2) is 84.9 Å². The number of hydrogen-bond acceptors (Lipinski definition) is 2. The van der Waals surface area contributed by atoms with Gasteiger partial charge in [-0.15, -0.1) is 0 Å². The van der Waals surface area contributed by atoms with Crippen molar-refractivity contribution in [3.63, 3.8) is 0 Å². The van der Waals surface area contributed by atoms with Gasteiger partial charge in [0.15, 0.2) is 0 Å². The zero-order chi connectivity index (χ0) is 22.2. The molecule has 33 heavy (non-hydrogen) atoms. The molecule has 0 bridgehead atoms. The first-order valence-corrected chi connectivity index (χ1v) is 12.0. The average Bonchev–Trinajstić information content (AvgIpc) is 3.19. The van der Waals surface area contributed by atoms with Crippen molar-refractivity contribution in [3.05, 3.63) is 107 Å². The van der Waals surface area contributed by atoms with Crippen LogP contribution in [0, 0.1) is 0 Å². The minimum Gasteiger partial charge on any atom is -0.349 e. The highest BCUT2D eigenvalue weighted by molar-refractivity contribution is 5.94. The molecule has 1 saturated heterocycles. The van der Waals surface area contributed by atoms with Crippen LogP contribution in [0.4, 0.5) is 0 Å². The van der Waals surface area contributed by atoms with Crippen LogP contribution < -0.4 is 5.32 Å². The van der Waals surface area contributed by atoms with Crippen molar-refractivity contribution in [1.29, 1.82) is 0 Å². The van der Waals surface area contributed by atoms with Gasteiger partial charge in [-0.1, -0.05) is 66.7 Å². The van der Waals surface area contributed by atoms with E-state index in [1.165, 1.54) is 27.7 Å². The molecule has 1 aromatic heterocycles. The first-order valence-electron chi connectivity index (χ1n) is 12.0. The van der Waals surface area contributed by atoms with E-state index in [-0.39, 0.29) is 11.9 Å². The van der Waals surface area contributed by atoms with E-state index in [9.17, 15) is 4.79 Å². The highest BCUT2D eigenvalue weighted by Crippen LogP contribution is 2.41. The number of nitrogens with zero attached hydrogens (tertiary/aromatic N) is 2. The summed E-state index contributed by atoms with van der Waals surface area (Å²) >= 11 is 0. The molecule has 0 aliphatic carbocycles. The number of benzene rings is 3. The van der Waals surface area contributed by atoms with E-state index in [0.29, 0.717) is 6.04 Å². The molecule has 166 valence electrons. The van der Waals surface area contributed by atoms with Gasteiger partial charge in [0, 0.05) is 47.8 Å². The minimum absolute atomic E-state index is 0.0370. The highest BCUT2D eigenvalue weighted by Gasteiger charge is 2.37. The van der Waals surface area contributed by atoms with Crippen LogP contribution in [0.1, 0.15) is 46.1 Å². The van der Waals surface area contributed by atoms with Gasteiger partial charge in [0.25, 0.3) is 5.91 Å². The molecule has 0 radical (unpaired) electrons. The Balaban J connectivity index is 1.35. The van der Waals surface area contributed by atoms with Gasteiger partial charge in [-0.3, -0.25) is 9.69 Å². The Morgan fingerprint density at radius 2 is 1.61 bits per heavy atom. The van der Waals surface area contributed by atoms with Crippen LogP contribution in [0.5, 0.6) is 0 Å². The van der Waals surface area contributed by atoms with Gasteiger partial charge >= 0.3 is 0 Å². The van der Waals surface area contributed by atoms with Crippen molar-refractivity contribution in [2.75, 3.05) is 13.1 Å². The molecule has 1 amide bonds. The third-order valence-electron chi connectivity index (χ3n) is 7.35. The van der Waals surface area contributed by atoms with Gasteiger partial charge in [-0.2, -0.15) is 0 Å². The smallest absolute Gasteiger partial charge is 0.251 e. The maximum Gasteiger partial charge on any atom is 0.251 e. The van der Waals surface area contributed by atoms with Gasteiger partial charge in [0.05, 0.1) is 6.04 Å². The van der Waals surface area contributed by atoms with E-state index in [1.807, 2.05) is 30.3 Å². The number of rotatable bonds is 4. The normalized spacial score (nSPS) is 20.2. The van der Waals surface area contributed by atoms with Crippen molar-refractivity contribution in [1.82, 2.24) is 14.8 Å². The Morgan fingerprint density at radius 3 is 2.42 bits per heavy atom. The zero-order valence-electron chi connectivity index (χ0n) is 18.8. The van der Waals surface area contributed by atoms with Gasteiger partial charge in [0.1, 0.15) is 0 Å². The number of hydrogen-bond donors (Lipinski definition) is 1. The molecule has 4 nitrogen and oxygen atoms in total. The largest absolute Gasteiger partial charge is 0.349 e. The standard InChI is InChI=1S/C29H29N3O/c33-29(22-11-5-2-6-12-22)30-23-15-17-31-18-16-25-24-13-7-8-14-26(24)32(28(25)27(31)19-23)20-21-9-3-1-4-10-21/h1-14,23,27H,15-20H2,(H,30,33). The molecule has 6 rings (SSSR count). The van der Waals surface area contributed by atoms with E-state index in [4.69, 9.17) is 0 Å². The summed E-state index contributed by atoms with van der Waals surface area (Å²) in [7, 11) is 0. The SMILES string of the molecule is O=C(NC1CCN2CCc3c(n(Cc4ccccc4)c4ccccc34)C2C1)c1ccccc1. The fraction of sp³-hybridized carbons (Fsp3) is 0.276.